The highest BCUT2D eigenvalue weighted by Gasteiger charge is 2.25. The van der Waals surface area contributed by atoms with Gasteiger partial charge in [-0.1, -0.05) is 0 Å². The third kappa shape index (κ3) is 2.80. The van der Waals surface area contributed by atoms with Crippen LogP contribution in [-0.2, 0) is 6.42 Å². The third-order valence-electron chi connectivity index (χ3n) is 0.905. The van der Waals surface area contributed by atoms with Gasteiger partial charge in [0.2, 0.25) is 5.89 Å². The van der Waals surface area contributed by atoms with E-state index in [2.05, 4.69) is 14.7 Å². The summed E-state index contributed by atoms with van der Waals surface area (Å²) in [4.78, 5) is 3.40. The summed E-state index contributed by atoms with van der Waals surface area (Å²) in [6.07, 6.45) is -0.577. The van der Waals surface area contributed by atoms with Crippen molar-refractivity contribution in [1.82, 2.24) is 10.1 Å². The first-order valence-corrected chi connectivity index (χ1v) is 3.21. The number of nitrogens with zero attached hydrogens (tertiary/aromatic N) is 2. The molecule has 0 amide bonds. The van der Waals surface area contributed by atoms with Crippen LogP contribution >= 0.6 is 11.6 Å². The Balaban J connectivity index is 2.65. The lowest BCUT2D eigenvalue weighted by atomic mass is 10.3. The van der Waals surface area contributed by atoms with E-state index in [1.807, 2.05) is 0 Å². The maximum Gasteiger partial charge on any atom is 0.263 e. The Morgan fingerprint density at radius 2 is 2.27 bits per heavy atom. The van der Waals surface area contributed by atoms with Crippen LogP contribution in [0.2, 0.25) is 5.28 Å². The van der Waals surface area contributed by atoms with Crippen LogP contribution in [0, 0.1) is 0 Å². The molecule has 1 rings (SSSR count). The lowest BCUT2D eigenvalue weighted by Gasteiger charge is -2.04. The van der Waals surface area contributed by atoms with E-state index >= 15 is 0 Å². The quantitative estimate of drug-likeness (QED) is 0.702. The molecule has 0 radical (unpaired) electrons. The van der Waals surface area contributed by atoms with E-state index in [0.717, 1.165) is 6.92 Å². The third-order valence-corrected chi connectivity index (χ3v) is 1.06. The second-order valence-electron chi connectivity index (χ2n) is 2.20. The molecule has 1 aromatic heterocycles. The van der Waals surface area contributed by atoms with Crippen LogP contribution in [-0.4, -0.2) is 16.1 Å². The Morgan fingerprint density at radius 3 is 2.64 bits per heavy atom. The van der Waals surface area contributed by atoms with Gasteiger partial charge in [-0.25, -0.2) is 8.78 Å². The fourth-order valence-electron chi connectivity index (χ4n) is 0.571. The number of hydrogen-bond acceptors (Lipinski definition) is 3. The molecule has 0 aliphatic rings. The lowest BCUT2D eigenvalue weighted by molar-refractivity contribution is 0.0149. The maximum absolute atomic E-state index is 12.2. The van der Waals surface area contributed by atoms with Gasteiger partial charge in [-0.05, 0) is 23.7 Å². The maximum atomic E-state index is 12.2. The molecule has 11 heavy (non-hydrogen) atoms. The molecule has 1 heterocycles. The molecule has 0 atom stereocenters. The van der Waals surface area contributed by atoms with E-state index in [1.54, 1.807) is 0 Å². The summed E-state index contributed by atoms with van der Waals surface area (Å²) in [7, 11) is 0. The van der Waals surface area contributed by atoms with Crippen molar-refractivity contribution in [3.8, 4) is 0 Å². The van der Waals surface area contributed by atoms with Crippen molar-refractivity contribution in [2.45, 2.75) is 19.3 Å². The smallest absolute Gasteiger partial charge is 0.263 e. The standard InChI is InChI=1S/C5H5ClF2N2O/c1-5(7,8)2-3-9-4(6)10-11-3/h2H2,1H3. The first-order chi connectivity index (χ1) is 4.97. The van der Waals surface area contributed by atoms with E-state index in [0.29, 0.717) is 0 Å². The fraction of sp³-hybridized carbons (Fsp3) is 0.600. The highest BCUT2D eigenvalue weighted by molar-refractivity contribution is 6.28. The van der Waals surface area contributed by atoms with Crippen molar-refractivity contribution in [3.05, 3.63) is 11.2 Å². The molecule has 0 spiro atoms. The van der Waals surface area contributed by atoms with E-state index in [-0.39, 0.29) is 11.2 Å². The number of rotatable bonds is 2. The summed E-state index contributed by atoms with van der Waals surface area (Å²) in [5.41, 5.74) is 0. The Labute approximate surface area is 66.3 Å². The molecule has 0 aliphatic heterocycles. The minimum atomic E-state index is -2.84. The SMILES string of the molecule is CC(F)(F)Cc1nc(Cl)no1. The molecule has 0 bridgehead atoms. The van der Waals surface area contributed by atoms with Crippen LogP contribution in [0.25, 0.3) is 0 Å². The predicted octanol–water partition coefficient (Wildman–Crippen LogP) is 1.92. The van der Waals surface area contributed by atoms with Crippen molar-refractivity contribution in [1.29, 1.82) is 0 Å². The molecule has 3 nitrogen and oxygen atoms in total. The molecule has 62 valence electrons. The average molecular weight is 183 g/mol. The minimum absolute atomic E-state index is 0.149. The normalized spacial score (nSPS) is 12.0. The van der Waals surface area contributed by atoms with Gasteiger partial charge in [-0.15, -0.1) is 0 Å². The van der Waals surface area contributed by atoms with Gasteiger partial charge in [0.15, 0.2) is 0 Å². The largest absolute Gasteiger partial charge is 0.338 e. The Hall–Kier alpha value is -0.710. The molecule has 0 unspecified atom stereocenters. The number of halogens is 3. The number of aromatic nitrogens is 2. The summed E-state index contributed by atoms with van der Waals surface area (Å²) >= 11 is 5.23. The highest BCUT2D eigenvalue weighted by Crippen LogP contribution is 2.18. The van der Waals surface area contributed by atoms with Crippen LogP contribution in [0.4, 0.5) is 8.78 Å². The first kappa shape index (κ1) is 8.39. The molecule has 6 heteroatoms. The van der Waals surface area contributed by atoms with Crippen molar-refractivity contribution >= 4 is 11.6 Å². The van der Waals surface area contributed by atoms with E-state index in [4.69, 9.17) is 11.6 Å². The molecule has 0 fully saturated rings. The van der Waals surface area contributed by atoms with E-state index in [9.17, 15) is 8.78 Å². The van der Waals surface area contributed by atoms with Crippen LogP contribution in [0.3, 0.4) is 0 Å². The highest BCUT2D eigenvalue weighted by atomic mass is 35.5. The second kappa shape index (κ2) is 2.73. The van der Waals surface area contributed by atoms with Crippen LogP contribution in [0.1, 0.15) is 12.8 Å². The van der Waals surface area contributed by atoms with Crippen molar-refractivity contribution in [2.24, 2.45) is 0 Å². The molecule has 0 saturated carbocycles. The molecule has 0 N–H and O–H groups in total. The summed E-state index contributed by atoms with van der Waals surface area (Å²) in [5.74, 6) is -2.99. The molecule has 0 aromatic carbocycles. The van der Waals surface area contributed by atoms with Gasteiger partial charge in [0.25, 0.3) is 11.2 Å². The Bertz CT molecular complexity index is 245. The summed E-state index contributed by atoms with van der Waals surface area (Å²) in [6, 6.07) is 0. The van der Waals surface area contributed by atoms with Gasteiger partial charge in [-0.2, -0.15) is 4.98 Å². The number of alkyl halides is 2. The molecule has 0 aliphatic carbocycles. The van der Waals surface area contributed by atoms with Crippen LogP contribution in [0.15, 0.2) is 4.52 Å². The molecule has 1 aromatic rings. The molecular weight excluding hydrogens is 178 g/mol. The van der Waals surface area contributed by atoms with Gasteiger partial charge in [0.05, 0.1) is 6.42 Å². The monoisotopic (exact) mass is 182 g/mol. The second-order valence-corrected chi connectivity index (χ2v) is 2.54. The fourth-order valence-corrected chi connectivity index (χ4v) is 0.700. The minimum Gasteiger partial charge on any atom is -0.338 e. The van der Waals surface area contributed by atoms with Crippen molar-refractivity contribution in [2.75, 3.05) is 0 Å². The van der Waals surface area contributed by atoms with Crippen molar-refractivity contribution < 1.29 is 13.3 Å². The predicted molar refractivity (Wildman–Crippen MR) is 33.6 cm³/mol. The molecular formula is C5H5ClF2N2O. The van der Waals surface area contributed by atoms with E-state index < -0.39 is 12.3 Å². The van der Waals surface area contributed by atoms with Crippen LogP contribution in [0.5, 0.6) is 0 Å². The number of hydrogen-bond donors (Lipinski definition) is 0. The van der Waals surface area contributed by atoms with Crippen molar-refractivity contribution in [3.63, 3.8) is 0 Å². The zero-order valence-electron chi connectivity index (χ0n) is 5.64. The summed E-state index contributed by atoms with van der Waals surface area (Å²) in [5, 5.41) is 3.00. The van der Waals surface area contributed by atoms with Gasteiger partial charge < -0.3 is 4.52 Å². The topological polar surface area (TPSA) is 38.9 Å². The average Bonchev–Trinajstić information content (AvgIpc) is 2.10. The summed E-state index contributed by atoms with van der Waals surface area (Å²) in [6.45, 7) is 0.769. The molecule has 0 saturated heterocycles. The van der Waals surface area contributed by atoms with Gasteiger partial charge >= 0.3 is 0 Å². The summed E-state index contributed by atoms with van der Waals surface area (Å²) < 4.78 is 28.9. The Morgan fingerprint density at radius 1 is 1.64 bits per heavy atom. The zero-order chi connectivity index (χ0) is 8.48. The van der Waals surface area contributed by atoms with E-state index in [1.165, 1.54) is 0 Å². The first-order valence-electron chi connectivity index (χ1n) is 2.83. The Kier molecular flexibility index (Phi) is 2.08. The van der Waals surface area contributed by atoms with Gasteiger partial charge in [0, 0.05) is 0 Å². The van der Waals surface area contributed by atoms with Crippen LogP contribution < -0.4 is 0 Å². The van der Waals surface area contributed by atoms with Gasteiger partial charge in [0.1, 0.15) is 0 Å². The van der Waals surface area contributed by atoms with Gasteiger partial charge in [-0.3, -0.25) is 0 Å². The lowest BCUT2D eigenvalue weighted by Crippen LogP contribution is -2.13. The zero-order valence-corrected chi connectivity index (χ0v) is 6.40.